The summed E-state index contributed by atoms with van der Waals surface area (Å²) in [5, 5.41) is 3.48. The van der Waals surface area contributed by atoms with E-state index in [1.165, 1.54) is 6.20 Å². The van der Waals surface area contributed by atoms with Crippen LogP contribution in [0.4, 0.5) is 0 Å². The van der Waals surface area contributed by atoms with E-state index in [0.717, 1.165) is 0 Å². The van der Waals surface area contributed by atoms with Gasteiger partial charge in [-0.2, -0.15) is 0 Å². The van der Waals surface area contributed by atoms with Gasteiger partial charge in [0.1, 0.15) is 11.5 Å². The summed E-state index contributed by atoms with van der Waals surface area (Å²) in [4.78, 5) is 10.8. The SMILES string of the molecule is CCC(=O)Cc1ccno1. The molecule has 10 heavy (non-hydrogen) atoms. The number of aromatic nitrogens is 1. The van der Waals surface area contributed by atoms with Crippen LogP contribution in [-0.4, -0.2) is 10.9 Å². The van der Waals surface area contributed by atoms with Gasteiger partial charge in [0, 0.05) is 12.5 Å². The topological polar surface area (TPSA) is 43.1 Å². The summed E-state index contributed by atoms with van der Waals surface area (Å²) >= 11 is 0. The van der Waals surface area contributed by atoms with Crippen molar-refractivity contribution in [2.45, 2.75) is 19.8 Å². The number of carbonyl (C=O) groups excluding carboxylic acids is 1. The van der Waals surface area contributed by atoms with Gasteiger partial charge in [-0.15, -0.1) is 0 Å². The predicted molar refractivity (Wildman–Crippen MR) is 35.5 cm³/mol. The van der Waals surface area contributed by atoms with Crippen LogP contribution in [0.3, 0.4) is 0 Å². The van der Waals surface area contributed by atoms with Crippen LogP contribution < -0.4 is 0 Å². The molecule has 0 saturated heterocycles. The van der Waals surface area contributed by atoms with E-state index in [2.05, 4.69) is 5.16 Å². The molecular weight excluding hydrogens is 130 g/mol. The molecule has 0 fully saturated rings. The lowest BCUT2D eigenvalue weighted by molar-refractivity contribution is -0.118. The highest BCUT2D eigenvalue weighted by Crippen LogP contribution is 1.99. The Labute approximate surface area is 59.0 Å². The summed E-state index contributed by atoms with van der Waals surface area (Å²) in [5.74, 6) is 0.823. The maximum atomic E-state index is 10.8. The number of carbonyl (C=O) groups is 1. The second-order valence-corrected chi connectivity index (χ2v) is 2.05. The zero-order valence-corrected chi connectivity index (χ0v) is 5.83. The maximum Gasteiger partial charge on any atom is 0.144 e. The van der Waals surface area contributed by atoms with Crippen LogP contribution in [-0.2, 0) is 11.2 Å². The normalized spacial score (nSPS) is 9.70. The van der Waals surface area contributed by atoms with Crippen molar-refractivity contribution >= 4 is 5.78 Å². The number of Topliss-reactive ketones (excluding diaryl/α,β-unsaturated/α-hetero) is 1. The van der Waals surface area contributed by atoms with Gasteiger partial charge in [-0.05, 0) is 0 Å². The summed E-state index contributed by atoms with van der Waals surface area (Å²) in [6, 6.07) is 1.70. The molecule has 0 aromatic carbocycles. The monoisotopic (exact) mass is 139 g/mol. The molecule has 1 heterocycles. The van der Waals surface area contributed by atoms with Gasteiger partial charge in [0.05, 0.1) is 12.6 Å². The Morgan fingerprint density at radius 2 is 2.60 bits per heavy atom. The van der Waals surface area contributed by atoms with Crippen molar-refractivity contribution in [2.24, 2.45) is 0 Å². The standard InChI is InChI=1S/C7H9NO2/c1-2-6(9)5-7-3-4-8-10-7/h3-4H,2,5H2,1H3. The van der Waals surface area contributed by atoms with E-state index in [1.807, 2.05) is 6.92 Å². The third kappa shape index (κ3) is 1.69. The molecule has 3 nitrogen and oxygen atoms in total. The summed E-state index contributed by atoms with van der Waals surface area (Å²) < 4.78 is 4.74. The summed E-state index contributed by atoms with van der Waals surface area (Å²) in [5.41, 5.74) is 0. The Bertz CT molecular complexity index is 203. The van der Waals surface area contributed by atoms with Crippen molar-refractivity contribution in [2.75, 3.05) is 0 Å². The Morgan fingerprint density at radius 3 is 3.10 bits per heavy atom. The van der Waals surface area contributed by atoms with Gasteiger partial charge in [-0.25, -0.2) is 0 Å². The molecule has 0 bridgehead atoms. The van der Waals surface area contributed by atoms with E-state index in [-0.39, 0.29) is 5.78 Å². The smallest absolute Gasteiger partial charge is 0.144 e. The molecule has 1 aromatic rings. The summed E-state index contributed by atoms with van der Waals surface area (Å²) in [6.45, 7) is 1.83. The van der Waals surface area contributed by atoms with Crippen LogP contribution in [0.1, 0.15) is 19.1 Å². The van der Waals surface area contributed by atoms with Gasteiger partial charge >= 0.3 is 0 Å². The zero-order valence-electron chi connectivity index (χ0n) is 5.83. The van der Waals surface area contributed by atoms with E-state index in [4.69, 9.17) is 4.52 Å². The molecule has 0 amide bonds. The molecule has 3 heteroatoms. The fraction of sp³-hybridized carbons (Fsp3) is 0.429. The number of rotatable bonds is 3. The van der Waals surface area contributed by atoms with Gasteiger partial charge in [-0.1, -0.05) is 12.1 Å². The first-order valence-electron chi connectivity index (χ1n) is 3.24. The third-order valence-electron chi connectivity index (χ3n) is 1.26. The maximum absolute atomic E-state index is 10.8. The summed E-state index contributed by atoms with van der Waals surface area (Å²) in [7, 11) is 0. The van der Waals surface area contributed by atoms with Crippen molar-refractivity contribution in [1.82, 2.24) is 5.16 Å². The fourth-order valence-corrected chi connectivity index (χ4v) is 0.653. The predicted octanol–water partition coefficient (Wildman–Crippen LogP) is 1.20. The quantitative estimate of drug-likeness (QED) is 0.631. The highest BCUT2D eigenvalue weighted by atomic mass is 16.5. The van der Waals surface area contributed by atoms with Crippen LogP contribution in [0.5, 0.6) is 0 Å². The lowest BCUT2D eigenvalue weighted by atomic mass is 10.2. The second-order valence-electron chi connectivity index (χ2n) is 2.05. The minimum Gasteiger partial charge on any atom is -0.361 e. The lowest BCUT2D eigenvalue weighted by Crippen LogP contribution is -1.98. The van der Waals surface area contributed by atoms with Crippen LogP contribution >= 0.6 is 0 Å². The molecule has 0 aliphatic heterocycles. The molecule has 1 aromatic heterocycles. The van der Waals surface area contributed by atoms with E-state index in [0.29, 0.717) is 18.6 Å². The first kappa shape index (κ1) is 6.99. The average molecular weight is 139 g/mol. The largest absolute Gasteiger partial charge is 0.361 e. The van der Waals surface area contributed by atoms with Crippen molar-refractivity contribution in [3.63, 3.8) is 0 Å². The van der Waals surface area contributed by atoms with Crippen molar-refractivity contribution < 1.29 is 9.32 Å². The molecule has 0 radical (unpaired) electrons. The first-order valence-corrected chi connectivity index (χ1v) is 3.24. The molecular formula is C7H9NO2. The molecule has 0 aliphatic carbocycles. The van der Waals surface area contributed by atoms with Gasteiger partial charge in [-0.3, -0.25) is 4.79 Å². The van der Waals surface area contributed by atoms with Crippen molar-refractivity contribution in [3.05, 3.63) is 18.0 Å². The highest BCUT2D eigenvalue weighted by Gasteiger charge is 2.02. The minimum atomic E-state index is 0.178. The van der Waals surface area contributed by atoms with E-state index >= 15 is 0 Å². The van der Waals surface area contributed by atoms with E-state index < -0.39 is 0 Å². The van der Waals surface area contributed by atoms with Gasteiger partial charge < -0.3 is 4.52 Å². The Morgan fingerprint density at radius 1 is 1.80 bits per heavy atom. The number of hydrogen-bond acceptors (Lipinski definition) is 3. The van der Waals surface area contributed by atoms with Gasteiger partial charge in [0.15, 0.2) is 0 Å². The number of nitrogens with zero attached hydrogens (tertiary/aromatic N) is 1. The third-order valence-corrected chi connectivity index (χ3v) is 1.26. The van der Waals surface area contributed by atoms with Crippen LogP contribution in [0.25, 0.3) is 0 Å². The van der Waals surface area contributed by atoms with Crippen molar-refractivity contribution in [1.29, 1.82) is 0 Å². The molecule has 54 valence electrons. The molecule has 0 N–H and O–H groups in total. The summed E-state index contributed by atoms with van der Waals surface area (Å²) in [6.07, 6.45) is 2.47. The average Bonchev–Trinajstić information content (AvgIpc) is 2.40. The number of ketones is 1. The van der Waals surface area contributed by atoms with Crippen molar-refractivity contribution in [3.8, 4) is 0 Å². The second kappa shape index (κ2) is 3.15. The minimum absolute atomic E-state index is 0.178. The number of hydrogen-bond donors (Lipinski definition) is 0. The zero-order chi connectivity index (χ0) is 7.40. The van der Waals surface area contributed by atoms with E-state index in [1.54, 1.807) is 6.07 Å². The molecule has 1 rings (SSSR count). The first-order chi connectivity index (χ1) is 4.83. The fourth-order valence-electron chi connectivity index (χ4n) is 0.653. The Hall–Kier alpha value is -1.12. The molecule has 0 unspecified atom stereocenters. The van der Waals surface area contributed by atoms with Crippen LogP contribution in [0, 0.1) is 0 Å². The Kier molecular flexibility index (Phi) is 2.20. The van der Waals surface area contributed by atoms with Gasteiger partial charge in [0.2, 0.25) is 0 Å². The molecule has 0 aliphatic rings. The Balaban J connectivity index is 2.48. The molecule has 0 saturated carbocycles. The van der Waals surface area contributed by atoms with Gasteiger partial charge in [0.25, 0.3) is 0 Å². The van der Waals surface area contributed by atoms with Crippen LogP contribution in [0.15, 0.2) is 16.8 Å². The van der Waals surface area contributed by atoms with Crippen LogP contribution in [0.2, 0.25) is 0 Å². The van der Waals surface area contributed by atoms with E-state index in [9.17, 15) is 4.79 Å². The lowest BCUT2D eigenvalue weighted by Gasteiger charge is -1.88. The molecule has 0 spiro atoms. The molecule has 0 atom stereocenters. The highest BCUT2D eigenvalue weighted by molar-refractivity contribution is 5.79.